The zero-order valence-electron chi connectivity index (χ0n) is 22.5. The van der Waals surface area contributed by atoms with Crippen molar-refractivity contribution >= 4 is 28.3 Å². The van der Waals surface area contributed by atoms with Crippen LogP contribution in [0.5, 0.6) is 5.75 Å². The molecule has 0 saturated carbocycles. The minimum Gasteiger partial charge on any atom is -0.508 e. The number of nitrogens with one attached hydrogen (secondary N) is 1. The number of alkyl halides is 3. The van der Waals surface area contributed by atoms with E-state index in [1.807, 2.05) is 6.92 Å². The van der Waals surface area contributed by atoms with Crippen LogP contribution >= 0.6 is 11.6 Å². The van der Waals surface area contributed by atoms with Crippen LogP contribution in [0.3, 0.4) is 0 Å². The predicted octanol–water partition coefficient (Wildman–Crippen LogP) is 5.38. The minimum atomic E-state index is -4.92. The number of benzene rings is 1. The average molecular weight is 589 g/mol. The number of hydrogen-bond acceptors (Lipinski definition) is 7. The molecule has 41 heavy (non-hydrogen) atoms. The summed E-state index contributed by atoms with van der Waals surface area (Å²) < 4.78 is 58.3. The summed E-state index contributed by atoms with van der Waals surface area (Å²) in [7, 11) is 0. The van der Waals surface area contributed by atoms with Crippen molar-refractivity contribution in [3.63, 3.8) is 0 Å². The van der Waals surface area contributed by atoms with Gasteiger partial charge in [-0.2, -0.15) is 13.2 Å². The van der Waals surface area contributed by atoms with Gasteiger partial charge in [0, 0.05) is 37.4 Å². The van der Waals surface area contributed by atoms with Gasteiger partial charge in [-0.3, -0.25) is 9.88 Å². The van der Waals surface area contributed by atoms with Crippen LogP contribution in [0.15, 0.2) is 18.3 Å². The predicted molar refractivity (Wildman–Crippen MR) is 148 cm³/mol. The van der Waals surface area contributed by atoms with Crippen molar-refractivity contribution in [1.29, 1.82) is 0 Å². The lowest BCUT2D eigenvalue weighted by Crippen LogP contribution is -2.51. The number of rotatable bonds is 3. The molecule has 2 aromatic heterocycles. The van der Waals surface area contributed by atoms with Crippen LogP contribution in [0, 0.1) is 17.7 Å². The Labute approximate surface area is 239 Å². The molecule has 7 nitrogen and oxygen atoms in total. The number of halogens is 5. The molecule has 1 aromatic carbocycles. The highest BCUT2D eigenvalue weighted by Gasteiger charge is 2.43. The largest absolute Gasteiger partial charge is 0.508 e. The van der Waals surface area contributed by atoms with E-state index in [1.165, 1.54) is 6.20 Å². The van der Waals surface area contributed by atoms with E-state index < -0.39 is 39.6 Å². The lowest BCUT2D eigenvalue weighted by molar-refractivity contribution is -0.137. The van der Waals surface area contributed by atoms with Crippen LogP contribution in [0.2, 0.25) is 5.02 Å². The minimum absolute atomic E-state index is 0.0610. The Hall–Kier alpha value is -3.20. The molecule has 3 aromatic rings. The van der Waals surface area contributed by atoms with E-state index in [4.69, 9.17) is 16.6 Å². The number of anilines is 1. The molecule has 0 bridgehead atoms. The van der Waals surface area contributed by atoms with Crippen LogP contribution in [0.4, 0.5) is 23.4 Å². The maximum Gasteiger partial charge on any atom is 0.418 e. The molecule has 3 saturated heterocycles. The Morgan fingerprint density at radius 2 is 1.93 bits per heavy atom. The van der Waals surface area contributed by atoms with Crippen molar-refractivity contribution in [1.82, 2.24) is 25.2 Å². The second-order valence-corrected chi connectivity index (χ2v) is 11.2. The molecule has 0 aliphatic carbocycles. The fourth-order valence-electron chi connectivity index (χ4n) is 6.46. The van der Waals surface area contributed by atoms with Gasteiger partial charge < -0.3 is 15.3 Å². The number of aromatic nitrogens is 3. The number of pyridine rings is 1. The van der Waals surface area contributed by atoms with Crippen LogP contribution in [0.1, 0.15) is 50.4 Å². The smallest absolute Gasteiger partial charge is 0.418 e. The van der Waals surface area contributed by atoms with Gasteiger partial charge in [-0.1, -0.05) is 24.4 Å². The number of fused-ring (bicyclic) bond motifs is 2. The van der Waals surface area contributed by atoms with E-state index in [0.717, 1.165) is 57.3 Å². The summed E-state index contributed by atoms with van der Waals surface area (Å²) in [4.78, 5) is 17.8. The molecule has 3 aliphatic heterocycles. The summed E-state index contributed by atoms with van der Waals surface area (Å²) in [5.41, 5.74) is -3.00. The lowest BCUT2D eigenvalue weighted by Gasteiger charge is -2.37. The first-order chi connectivity index (χ1) is 19.6. The van der Waals surface area contributed by atoms with Gasteiger partial charge in [-0.25, -0.2) is 14.4 Å². The third-order valence-electron chi connectivity index (χ3n) is 8.42. The van der Waals surface area contributed by atoms with E-state index in [9.17, 15) is 18.3 Å². The average Bonchev–Trinajstić information content (AvgIpc) is 3.51. The van der Waals surface area contributed by atoms with Crippen molar-refractivity contribution in [3.8, 4) is 28.8 Å². The molecule has 0 unspecified atom stereocenters. The van der Waals surface area contributed by atoms with Crippen molar-refractivity contribution in [2.75, 3.05) is 37.6 Å². The number of piperazine rings is 1. The molecule has 0 radical (unpaired) electrons. The van der Waals surface area contributed by atoms with Gasteiger partial charge in [0.25, 0.3) is 0 Å². The summed E-state index contributed by atoms with van der Waals surface area (Å²) in [6.45, 7) is 5.99. The highest BCUT2D eigenvalue weighted by Crippen LogP contribution is 2.44. The maximum atomic E-state index is 16.3. The Balaban J connectivity index is 1.56. The third-order valence-corrected chi connectivity index (χ3v) is 8.72. The molecule has 12 heteroatoms. The summed E-state index contributed by atoms with van der Waals surface area (Å²) in [6.07, 6.45) is 1.15. The zero-order chi connectivity index (χ0) is 28.9. The maximum absolute atomic E-state index is 16.3. The normalized spacial score (nSPS) is 20.7. The van der Waals surface area contributed by atoms with Gasteiger partial charge in [0.2, 0.25) is 5.82 Å². The molecule has 5 heterocycles. The van der Waals surface area contributed by atoms with Crippen molar-refractivity contribution < 1.29 is 22.7 Å². The molecular weight excluding hydrogens is 560 g/mol. The lowest BCUT2D eigenvalue weighted by atomic mass is 9.95. The number of hydrogen-bond donors (Lipinski definition) is 2. The zero-order valence-corrected chi connectivity index (χ0v) is 23.2. The van der Waals surface area contributed by atoms with Gasteiger partial charge in [0.05, 0.1) is 21.5 Å². The molecule has 0 amide bonds. The Kier molecular flexibility index (Phi) is 7.20. The third kappa shape index (κ3) is 4.96. The molecule has 2 N–H and O–H groups in total. The summed E-state index contributed by atoms with van der Waals surface area (Å²) in [5, 5.41) is 12.9. The fourth-order valence-corrected chi connectivity index (χ4v) is 6.78. The topological polar surface area (TPSA) is 77.4 Å². The highest BCUT2D eigenvalue weighted by molar-refractivity contribution is 6.32. The number of phenolic OH excluding ortho intramolecular Hbond substituents is 1. The van der Waals surface area contributed by atoms with E-state index in [-0.39, 0.29) is 28.3 Å². The van der Waals surface area contributed by atoms with Crippen LogP contribution in [0.25, 0.3) is 22.2 Å². The van der Waals surface area contributed by atoms with Gasteiger partial charge >= 0.3 is 6.18 Å². The summed E-state index contributed by atoms with van der Waals surface area (Å²) in [5.74, 6) is 5.44. The van der Waals surface area contributed by atoms with Crippen molar-refractivity contribution in [2.24, 2.45) is 0 Å². The van der Waals surface area contributed by atoms with Gasteiger partial charge in [0.15, 0.2) is 5.82 Å². The van der Waals surface area contributed by atoms with E-state index in [1.54, 1.807) is 0 Å². The van der Waals surface area contributed by atoms with Crippen LogP contribution in [-0.4, -0.2) is 69.3 Å². The molecule has 3 fully saturated rings. The van der Waals surface area contributed by atoms with Gasteiger partial charge in [0.1, 0.15) is 22.8 Å². The van der Waals surface area contributed by atoms with Crippen LogP contribution in [-0.2, 0) is 6.18 Å². The van der Waals surface area contributed by atoms with E-state index in [0.29, 0.717) is 25.5 Å². The Morgan fingerprint density at radius 1 is 1.17 bits per heavy atom. The molecule has 6 rings (SSSR count). The Morgan fingerprint density at radius 3 is 2.63 bits per heavy atom. The SMILES string of the molecule is CC[C@H]1CNCCN1c1nc(C#CC23CCCN2CCC3)nc2c(F)c(-c3cc(O)cc(Cl)c3C(F)(F)F)ncc12. The molecule has 1 atom stereocenters. The van der Waals surface area contributed by atoms with Crippen molar-refractivity contribution in [3.05, 3.63) is 40.6 Å². The van der Waals surface area contributed by atoms with Crippen molar-refractivity contribution in [2.45, 2.75) is 56.8 Å². The quantitative estimate of drug-likeness (QED) is 0.314. The molecule has 216 valence electrons. The monoisotopic (exact) mass is 588 g/mol. The van der Waals surface area contributed by atoms with Gasteiger partial charge in [-0.05, 0) is 63.2 Å². The number of aromatic hydroxyl groups is 1. The Bertz CT molecular complexity index is 1560. The first kappa shape index (κ1) is 27.9. The number of phenols is 1. The van der Waals surface area contributed by atoms with E-state index >= 15 is 4.39 Å². The first-order valence-electron chi connectivity index (χ1n) is 13.8. The first-order valence-corrected chi connectivity index (χ1v) is 14.2. The van der Waals surface area contributed by atoms with Crippen LogP contribution < -0.4 is 10.2 Å². The number of nitrogens with zero attached hydrogens (tertiary/aromatic N) is 5. The summed E-state index contributed by atoms with van der Waals surface area (Å²) >= 11 is 5.88. The van der Waals surface area contributed by atoms with Gasteiger partial charge in [-0.15, -0.1) is 0 Å². The second kappa shape index (κ2) is 10.6. The molecular formula is C29H29ClF4N6O. The summed E-state index contributed by atoms with van der Waals surface area (Å²) in [6, 6.07) is 1.64. The van der Waals surface area contributed by atoms with E-state index in [2.05, 4.69) is 36.9 Å². The fraction of sp³-hybridized carbons (Fsp3) is 0.483. The standard InChI is InChI=1S/C29H29ClF4N6O/c1-2-17-15-35-9-12-40(17)27-20-16-36-25(19-13-18(41)14-21(30)23(19)29(32,33)34)24(31)26(20)37-22(38-27)5-8-28-6-3-10-39(28)11-4-7-28/h13-14,16-17,35,41H,2-4,6-7,9-12,15H2,1H3/t17-/m0/s1. The second-order valence-electron chi connectivity index (χ2n) is 10.8. The molecule has 3 aliphatic rings. The molecule has 0 spiro atoms. The highest BCUT2D eigenvalue weighted by atomic mass is 35.5.